The van der Waals surface area contributed by atoms with E-state index >= 15 is 0 Å². The highest BCUT2D eigenvalue weighted by Gasteiger charge is 2.40. The molecule has 0 heterocycles. The largest absolute Gasteiger partial charge is 0.328 e. The summed E-state index contributed by atoms with van der Waals surface area (Å²) in [6.45, 7) is 2.08. The van der Waals surface area contributed by atoms with Crippen LogP contribution in [0, 0.1) is 5.92 Å². The molecule has 2 heteroatoms. The van der Waals surface area contributed by atoms with Crippen molar-refractivity contribution < 1.29 is 0 Å². The Balaban J connectivity index is 2.12. The molecule has 0 aromatic heterocycles. The van der Waals surface area contributed by atoms with Gasteiger partial charge in [-0.2, -0.15) is 0 Å². The van der Waals surface area contributed by atoms with Gasteiger partial charge in [-0.3, -0.25) is 0 Å². The maximum atomic E-state index is 5.91. The second-order valence-electron chi connectivity index (χ2n) is 3.92. The summed E-state index contributed by atoms with van der Waals surface area (Å²) in [5, 5.41) is 0.827. The summed E-state index contributed by atoms with van der Waals surface area (Å²) in [4.78, 5) is 0. The third kappa shape index (κ3) is 1.87. The quantitative estimate of drug-likeness (QED) is 0.772. The van der Waals surface area contributed by atoms with Crippen LogP contribution in [-0.4, -0.2) is 6.04 Å². The fraction of sp³-hybridized carbons (Fsp3) is 0.455. The van der Waals surface area contributed by atoms with Crippen LogP contribution in [0.5, 0.6) is 0 Å². The summed E-state index contributed by atoms with van der Waals surface area (Å²) < 4.78 is 0. The van der Waals surface area contributed by atoms with E-state index in [9.17, 15) is 0 Å². The Kier molecular flexibility index (Phi) is 2.31. The van der Waals surface area contributed by atoms with Crippen molar-refractivity contribution in [3.8, 4) is 0 Å². The van der Waals surface area contributed by atoms with Crippen LogP contribution in [0.3, 0.4) is 0 Å². The van der Waals surface area contributed by atoms with Crippen molar-refractivity contribution in [3.63, 3.8) is 0 Å². The van der Waals surface area contributed by atoms with E-state index in [1.165, 1.54) is 12.0 Å². The fourth-order valence-electron chi connectivity index (χ4n) is 1.92. The zero-order valence-electron chi connectivity index (χ0n) is 7.70. The number of hydrogen-bond acceptors (Lipinski definition) is 1. The first-order valence-corrected chi connectivity index (χ1v) is 5.07. The smallest absolute Gasteiger partial charge is 0.0408 e. The normalized spacial score (nSPS) is 28.5. The van der Waals surface area contributed by atoms with E-state index in [2.05, 4.69) is 19.1 Å². The van der Waals surface area contributed by atoms with Gasteiger partial charge in [0.1, 0.15) is 0 Å². The van der Waals surface area contributed by atoms with Gasteiger partial charge in [-0.05, 0) is 42.9 Å². The minimum atomic E-state index is 0.309. The first kappa shape index (κ1) is 9.04. The number of rotatable bonds is 2. The first-order chi connectivity index (χ1) is 6.18. The highest BCUT2D eigenvalue weighted by Crippen LogP contribution is 2.49. The van der Waals surface area contributed by atoms with Gasteiger partial charge in [0.05, 0.1) is 0 Å². The highest BCUT2D eigenvalue weighted by atomic mass is 35.5. The molecule has 0 unspecified atom stereocenters. The van der Waals surface area contributed by atoms with Gasteiger partial charge in [0.25, 0.3) is 0 Å². The fourth-order valence-corrected chi connectivity index (χ4v) is 2.11. The van der Waals surface area contributed by atoms with E-state index in [0.717, 1.165) is 5.02 Å². The lowest BCUT2D eigenvalue weighted by Gasteiger charge is -2.03. The van der Waals surface area contributed by atoms with E-state index in [-0.39, 0.29) is 0 Å². The molecule has 0 spiro atoms. The van der Waals surface area contributed by atoms with Crippen LogP contribution in [0.4, 0.5) is 0 Å². The van der Waals surface area contributed by atoms with Crippen LogP contribution in [0.25, 0.3) is 0 Å². The molecule has 1 saturated carbocycles. The van der Waals surface area contributed by atoms with Crippen LogP contribution in [0.2, 0.25) is 5.02 Å². The predicted octanol–water partition coefficient (Wildman–Crippen LogP) is 2.79. The lowest BCUT2D eigenvalue weighted by molar-refractivity contribution is 0.631. The molecule has 1 aromatic rings. The molecular formula is C11H14ClN. The Labute approximate surface area is 83.9 Å². The van der Waals surface area contributed by atoms with Gasteiger partial charge in [-0.15, -0.1) is 0 Å². The summed E-state index contributed by atoms with van der Waals surface area (Å²) in [5.41, 5.74) is 7.17. The van der Waals surface area contributed by atoms with Crippen molar-refractivity contribution in [3.05, 3.63) is 34.9 Å². The topological polar surface area (TPSA) is 26.0 Å². The van der Waals surface area contributed by atoms with Crippen LogP contribution in [0.1, 0.15) is 24.8 Å². The molecular weight excluding hydrogens is 182 g/mol. The molecule has 13 heavy (non-hydrogen) atoms. The Bertz CT molecular complexity index is 309. The Hall–Kier alpha value is -0.530. The number of hydrogen-bond donors (Lipinski definition) is 1. The monoisotopic (exact) mass is 195 g/mol. The van der Waals surface area contributed by atoms with Crippen molar-refractivity contribution in [2.75, 3.05) is 0 Å². The van der Waals surface area contributed by atoms with Gasteiger partial charge in [0, 0.05) is 11.1 Å². The van der Waals surface area contributed by atoms with Gasteiger partial charge >= 0.3 is 0 Å². The van der Waals surface area contributed by atoms with Gasteiger partial charge in [0.2, 0.25) is 0 Å². The van der Waals surface area contributed by atoms with E-state index in [0.29, 0.717) is 17.9 Å². The van der Waals surface area contributed by atoms with E-state index < -0.39 is 0 Å². The number of halogens is 1. The Morgan fingerprint density at radius 2 is 2.31 bits per heavy atom. The molecule has 1 fully saturated rings. The average molecular weight is 196 g/mol. The molecule has 1 aromatic carbocycles. The molecule has 1 aliphatic carbocycles. The predicted molar refractivity (Wildman–Crippen MR) is 55.9 cm³/mol. The van der Waals surface area contributed by atoms with Crippen molar-refractivity contribution in [1.29, 1.82) is 0 Å². The summed E-state index contributed by atoms with van der Waals surface area (Å²) >= 11 is 5.91. The van der Waals surface area contributed by atoms with E-state index in [4.69, 9.17) is 17.3 Å². The van der Waals surface area contributed by atoms with Crippen LogP contribution < -0.4 is 5.73 Å². The van der Waals surface area contributed by atoms with Gasteiger partial charge in [-0.1, -0.05) is 23.7 Å². The number of nitrogens with two attached hydrogens (primary N) is 1. The molecule has 2 rings (SSSR count). The second kappa shape index (κ2) is 3.32. The maximum Gasteiger partial charge on any atom is 0.0408 e. The minimum absolute atomic E-state index is 0.309. The molecule has 0 aliphatic heterocycles. The second-order valence-corrected chi connectivity index (χ2v) is 4.36. The first-order valence-electron chi connectivity index (χ1n) is 4.69. The SMILES string of the molecule is C[C@@H](N)[C@@H]1C[C@@H]1c1cccc(Cl)c1. The molecule has 2 N–H and O–H groups in total. The van der Waals surface area contributed by atoms with Crippen LogP contribution in [0.15, 0.2) is 24.3 Å². The van der Waals surface area contributed by atoms with Crippen molar-refractivity contribution >= 4 is 11.6 Å². The van der Waals surface area contributed by atoms with Crippen LogP contribution in [-0.2, 0) is 0 Å². The highest BCUT2D eigenvalue weighted by molar-refractivity contribution is 6.30. The van der Waals surface area contributed by atoms with Gasteiger partial charge < -0.3 is 5.73 Å². The lowest BCUT2D eigenvalue weighted by atomic mass is 10.1. The zero-order valence-corrected chi connectivity index (χ0v) is 8.46. The van der Waals surface area contributed by atoms with Crippen molar-refractivity contribution in [1.82, 2.24) is 0 Å². The molecule has 70 valence electrons. The maximum absolute atomic E-state index is 5.91. The molecule has 0 bridgehead atoms. The van der Waals surface area contributed by atoms with Crippen molar-refractivity contribution in [2.45, 2.75) is 25.3 Å². The van der Waals surface area contributed by atoms with Gasteiger partial charge in [-0.25, -0.2) is 0 Å². The average Bonchev–Trinajstić information content (AvgIpc) is 2.82. The molecule has 0 radical (unpaired) electrons. The Morgan fingerprint density at radius 3 is 2.85 bits per heavy atom. The lowest BCUT2D eigenvalue weighted by Crippen LogP contribution is -2.17. The third-order valence-corrected chi connectivity index (χ3v) is 3.03. The molecule has 1 aliphatic rings. The minimum Gasteiger partial charge on any atom is -0.328 e. The number of benzene rings is 1. The van der Waals surface area contributed by atoms with E-state index in [1.807, 2.05) is 12.1 Å². The molecule has 0 saturated heterocycles. The van der Waals surface area contributed by atoms with Crippen LogP contribution >= 0.6 is 11.6 Å². The molecule has 0 amide bonds. The third-order valence-electron chi connectivity index (χ3n) is 2.79. The summed E-state index contributed by atoms with van der Waals surface area (Å²) in [5.74, 6) is 1.32. The standard InChI is InChI=1S/C11H14ClN/c1-7(13)10-6-11(10)8-3-2-4-9(12)5-8/h2-5,7,10-11H,6,13H2,1H3/t7-,10+,11-/m1/s1. The van der Waals surface area contributed by atoms with Gasteiger partial charge in [0.15, 0.2) is 0 Å². The summed E-state index contributed by atoms with van der Waals surface area (Å²) in [7, 11) is 0. The summed E-state index contributed by atoms with van der Waals surface area (Å²) in [6, 6.07) is 8.42. The van der Waals surface area contributed by atoms with E-state index in [1.54, 1.807) is 0 Å². The summed E-state index contributed by atoms with van der Waals surface area (Å²) in [6.07, 6.45) is 1.22. The Morgan fingerprint density at radius 1 is 1.54 bits per heavy atom. The molecule has 3 atom stereocenters. The molecule has 1 nitrogen and oxygen atoms in total. The van der Waals surface area contributed by atoms with Crippen molar-refractivity contribution in [2.24, 2.45) is 11.7 Å². The zero-order chi connectivity index (χ0) is 9.42.